The summed E-state index contributed by atoms with van der Waals surface area (Å²) in [6.07, 6.45) is 3.20. The minimum Gasteiger partial charge on any atom is -0.478 e. The van der Waals surface area contributed by atoms with Crippen LogP contribution in [-0.2, 0) is 14.8 Å². The van der Waals surface area contributed by atoms with Gasteiger partial charge in [0.05, 0.1) is 24.5 Å². The first-order valence-electron chi connectivity index (χ1n) is 10.9. The summed E-state index contributed by atoms with van der Waals surface area (Å²) in [5.41, 5.74) is 1.01. The topological polar surface area (TPSA) is 99.2 Å². The van der Waals surface area contributed by atoms with Crippen molar-refractivity contribution in [2.75, 3.05) is 55.6 Å². The summed E-state index contributed by atoms with van der Waals surface area (Å²) in [6, 6.07) is 7.94. The van der Waals surface area contributed by atoms with Gasteiger partial charge < -0.3 is 14.7 Å². The first kappa shape index (κ1) is 23.0. The van der Waals surface area contributed by atoms with Crippen molar-refractivity contribution in [3.8, 4) is 0 Å². The van der Waals surface area contributed by atoms with Crippen molar-refractivity contribution in [2.24, 2.45) is 5.92 Å². The maximum Gasteiger partial charge on any atom is 0.337 e. The molecule has 0 spiro atoms. The normalized spacial score (nSPS) is 18.6. The molecule has 1 aromatic heterocycles. The van der Waals surface area contributed by atoms with Crippen molar-refractivity contribution in [1.29, 1.82) is 0 Å². The van der Waals surface area contributed by atoms with Gasteiger partial charge in [-0.1, -0.05) is 6.07 Å². The van der Waals surface area contributed by atoms with E-state index < -0.39 is 16.0 Å². The molecule has 0 saturated carbocycles. The molecule has 10 heteroatoms. The summed E-state index contributed by atoms with van der Waals surface area (Å²) in [6.45, 7) is 6.33. The molecule has 3 heterocycles. The summed E-state index contributed by atoms with van der Waals surface area (Å²) >= 11 is 1.11. The number of ether oxygens (including phenoxy) is 1. The number of carboxylic acid groups (broad SMARTS) is 1. The van der Waals surface area contributed by atoms with E-state index in [4.69, 9.17) is 4.74 Å². The fourth-order valence-corrected chi connectivity index (χ4v) is 6.36. The second kappa shape index (κ2) is 10.2. The Morgan fingerprint density at radius 3 is 2.56 bits per heavy atom. The number of piperidine rings is 1. The summed E-state index contributed by atoms with van der Waals surface area (Å²) in [5.74, 6) is -0.425. The zero-order chi connectivity index (χ0) is 22.6. The van der Waals surface area contributed by atoms with Crippen LogP contribution in [0, 0.1) is 5.92 Å². The molecule has 1 aromatic carbocycles. The van der Waals surface area contributed by atoms with Crippen molar-refractivity contribution < 1.29 is 23.1 Å². The molecule has 2 saturated heterocycles. The molecule has 0 unspecified atom stereocenters. The molecule has 2 N–H and O–H groups in total. The van der Waals surface area contributed by atoms with Crippen LogP contribution in [0.1, 0.15) is 29.6 Å². The van der Waals surface area contributed by atoms with Crippen LogP contribution in [0.3, 0.4) is 0 Å². The Kier molecular flexibility index (Phi) is 7.34. The predicted octanol–water partition coefficient (Wildman–Crippen LogP) is 3.19. The lowest BCUT2D eigenvalue weighted by Crippen LogP contribution is -2.39. The monoisotopic (exact) mass is 479 g/mol. The number of hydrogen-bond acceptors (Lipinski definition) is 7. The van der Waals surface area contributed by atoms with Crippen molar-refractivity contribution in [1.82, 2.24) is 4.90 Å². The van der Waals surface area contributed by atoms with Crippen LogP contribution in [0.25, 0.3) is 0 Å². The Morgan fingerprint density at radius 1 is 1.16 bits per heavy atom. The highest BCUT2D eigenvalue weighted by Crippen LogP contribution is 2.31. The van der Waals surface area contributed by atoms with E-state index >= 15 is 0 Å². The van der Waals surface area contributed by atoms with Crippen LogP contribution in [0.15, 0.2) is 39.9 Å². The average Bonchev–Trinajstić information content (AvgIpc) is 3.35. The molecule has 2 aliphatic rings. The van der Waals surface area contributed by atoms with Gasteiger partial charge in [-0.3, -0.25) is 9.62 Å². The SMILES string of the molecule is O=C(O)c1cc(NS(=O)(=O)c2cccs2)ccc1N1CCC(CCN2CCOCC2)CC1. The van der Waals surface area contributed by atoms with E-state index in [0.29, 0.717) is 11.6 Å². The quantitative estimate of drug-likeness (QED) is 0.600. The molecule has 0 amide bonds. The summed E-state index contributed by atoms with van der Waals surface area (Å²) in [4.78, 5) is 16.5. The first-order chi connectivity index (χ1) is 15.4. The van der Waals surface area contributed by atoms with Crippen LogP contribution in [0.4, 0.5) is 11.4 Å². The predicted molar refractivity (Wildman–Crippen MR) is 125 cm³/mol. The fraction of sp³-hybridized carbons (Fsp3) is 0.500. The Labute approximate surface area is 192 Å². The van der Waals surface area contributed by atoms with E-state index in [1.54, 1.807) is 23.6 Å². The number of carboxylic acids is 1. The number of anilines is 2. The second-order valence-corrected chi connectivity index (χ2v) is 11.1. The highest BCUT2D eigenvalue weighted by Gasteiger charge is 2.25. The van der Waals surface area contributed by atoms with Crippen molar-refractivity contribution in [3.05, 3.63) is 41.3 Å². The average molecular weight is 480 g/mol. The number of thiophene rings is 1. The molecule has 2 aliphatic heterocycles. The summed E-state index contributed by atoms with van der Waals surface area (Å²) in [5, 5.41) is 11.5. The third kappa shape index (κ3) is 5.61. The van der Waals surface area contributed by atoms with Gasteiger partial charge in [0.1, 0.15) is 4.21 Å². The van der Waals surface area contributed by atoms with E-state index in [1.165, 1.54) is 12.1 Å². The molecule has 0 aliphatic carbocycles. The lowest BCUT2D eigenvalue weighted by molar-refractivity contribution is 0.0349. The number of hydrogen-bond donors (Lipinski definition) is 2. The Morgan fingerprint density at radius 2 is 1.91 bits per heavy atom. The van der Waals surface area contributed by atoms with Gasteiger partial charge in [-0.2, -0.15) is 0 Å². The lowest BCUT2D eigenvalue weighted by atomic mass is 9.92. The number of carbonyl (C=O) groups is 1. The van der Waals surface area contributed by atoms with Gasteiger partial charge in [0.25, 0.3) is 10.0 Å². The van der Waals surface area contributed by atoms with Crippen molar-refractivity contribution in [2.45, 2.75) is 23.5 Å². The largest absolute Gasteiger partial charge is 0.478 e. The second-order valence-electron chi connectivity index (χ2n) is 8.25. The number of rotatable bonds is 8. The van der Waals surface area contributed by atoms with Gasteiger partial charge in [-0.15, -0.1) is 11.3 Å². The number of sulfonamides is 1. The third-order valence-corrected chi connectivity index (χ3v) is 8.93. The van der Waals surface area contributed by atoms with Gasteiger partial charge >= 0.3 is 5.97 Å². The molecule has 2 fully saturated rings. The van der Waals surface area contributed by atoms with Crippen LogP contribution in [-0.4, -0.2) is 70.3 Å². The summed E-state index contributed by atoms with van der Waals surface area (Å²) in [7, 11) is -3.72. The zero-order valence-corrected chi connectivity index (χ0v) is 19.5. The first-order valence-corrected chi connectivity index (χ1v) is 13.3. The fourth-order valence-electron chi connectivity index (χ4n) is 4.32. The van der Waals surface area contributed by atoms with Gasteiger partial charge in [0.2, 0.25) is 0 Å². The van der Waals surface area contributed by atoms with Gasteiger partial charge in [-0.25, -0.2) is 13.2 Å². The minimum absolute atomic E-state index is 0.114. The molecular weight excluding hydrogens is 450 g/mol. The zero-order valence-electron chi connectivity index (χ0n) is 17.9. The lowest BCUT2D eigenvalue weighted by Gasteiger charge is -2.35. The number of benzene rings is 1. The van der Waals surface area contributed by atoms with Gasteiger partial charge in [0.15, 0.2) is 0 Å². The number of aromatic carboxylic acids is 1. The number of nitrogens with one attached hydrogen (secondary N) is 1. The molecule has 174 valence electrons. The minimum atomic E-state index is -3.72. The van der Waals surface area contributed by atoms with E-state index in [-0.39, 0.29) is 15.5 Å². The summed E-state index contributed by atoms with van der Waals surface area (Å²) < 4.78 is 33.0. The van der Waals surface area contributed by atoms with Crippen LogP contribution in [0.2, 0.25) is 0 Å². The van der Waals surface area contributed by atoms with Crippen LogP contribution < -0.4 is 9.62 Å². The van der Waals surface area contributed by atoms with Crippen LogP contribution in [0.5, 0.6) is 0 Å². The van der Waals surface area contributed by atoms with E-state index in [1.807, 2.05) is 0 Å². The standard InChI is InChI=1S/C22H29N3O5S2/c26-22(27)19-16-18(23-32(28,29)21-2-1-15-31-21)3-4-20(19)25-9-6-17(7-10-25)5-8-24-11-13-30-14-12-24/h1-4,15-17,23H,5-14H2,(H,26,27). The molecule has 8 nitrogen and oxygen atoms in total. The highest BCUT2D eigenvalue weighted by molar-refractivity contribution is 7.94. The molecule has 0 radical (unpaired) electrons. The molecule has 32 heavy (non-hydrogen) atoms. The molecule has 0 atom stereocenters. The van der Waals surface area contributed by atoms with E-state index in [9.17, 15) is 18.3 Å². The Bertz CT molecular complexity index is 1010. The smallest absolute Gasteiger partial charge is 0.337 e. The highest BCUT2D eigenvalue weighted by atomic mass is 32.2. The van der Waals surface area contributed by atoms with Crippen molar-refractivity contribution in [3.63, 3.8) is 0 Å². The van der Waals surface area contributed by atoms with Crippen molar-refractivity contribution >= 4 is 38.7 Å². The van der Waals surface area contributed by atoms with Crippen LogP contribution >= 0.6 is 11.3 Å². The maximum atomic E-state index is 12.5. The van der Waals surface area contributed by atoms with Gasteiger partial charge in [-0.05, 0) is 61.4 Å². The number of nitrogens with zero attached hydrogens (tertiary/aromatic N) is 2. The number of morpholine rings is 1. The Balaban J connectivity index is 1.38. The van der Waals surface area contributed by atoms with E-state index in [0.717, 1.165) is 76.5 Å². The van der Waals surface area contributed by atoms with Gasteiger partial charge in [0, 0.05) is 31.9 Å². The molecular formula is C22H29N3O5S2. The maximum absolute atomic E-state index is 12.5. The Hall–Kier alpha value is -2.14. The third-order valence-electron chi connectivity index (χ3n) is 6.15. The van der Waals surface area contributed by atoms with E-state index in [2.05, 4.69) is 14.5 Å². The molecule has 4 rings (SSSR count). The molecule has 0 bridgehead atoms. The molecule has 2 aromatic rings.